The summed E-state index contributed by atoms with van der Waals surface area (Å²) in [6, 6.07) is 11.9. The molecule has 5 heterocycles. The van der Waals surface area contributed by atoms with Crippen LogP contribution < -0.4 is 20.3 Å². The van der Waals surface area contributed by atoms with Gasteiger partial charge in [-0.3, -0.25) is 4.79 Å². The summed E-state index contributed by atoms with van der Waals surface area (Å²) in [5.74, 6) is 2.27. The maximum atomic E-state index is 12.5. The number of carbonyl (C=O) groups is 1. The zero-order valence-corrected chi connectivity index (χ0v) is 24.0. The van der Waals surface area contributed by atoms with Crippen LogP contribution >= 0.6 is 0 Å². The zero-order chi connectivity index (χ0) is 29.5. The highest BCUT2D eigenvalue weighted by atomic mass is 16.5. The van der Waals surface area contributed by atoms with Gasteiger partial charge in [-0.15, -0.1) is 0 Å². The van der Waals surface area contributed by atoms with E-state index in [9.17, 15) is 4.79 Å². The number of oxazole rings is 1. The van der Waals surface area contributed by atoms with Crippen molar-refractivity contribution in [2.75, 3.05) is 55.9 Å². The third-order valence-corrected chi connectivity index (χ3v) is 8.31. The Morgan fingerprint density at radius 3 is 2.67 bits per heavy atom. The van der Waals surface area contributed by atoms with E-state index in [4.69, 9.17) is 14.1 Å². The van der Waals surface area contributed by atoms with Crippen LogP contribution in [0.5, 0.6) is 5.75 Å². The van der Waals surface area contributed by atoms with E-state index in [0.29, 0.717) is 52.1 Å². The largest absolute Gasteiger partial charge is 0.494 e. The van der Waals surface area contributed by atoms with Gasteiger partial charge in [0.05, 0.1) is 41.6 Å². The highest BCUT2D eigenvalue weighted by Gasteiger charge is 2.39. The maximum Gasteiger partial charge on any atom is 0.247 e. The number of aromatic nitrogens is 4. The van der Waals surface area contributed by atoms with E-state index >= 15 is 0 Å². The molecule has 3 N–H and O–H groups in total. The summed E-state index contributed by atoms with van der Waals surface area (Å²) in [5.41, 5.74) is 5.37. The first-order chi connectivity index (χ1) is 21.0. The number of likely N-dealkylation sites (tertiary alicyclic amines) is 1. The number of aromatic amines is 1. The number of fused-ring (bicyclic) bond motifs is 2. The van der Waals surface area contributed by atoms with Gasteiger partial charge in [0, 0.05) is 61.1 Å². The van der Waals surface area contributed by atoms with Gasteiger partial charge in [-0.05, 0) is 37.1 Å². The molecule has 0 aliphatic carbocycles. The molecule has 218 valence electrons. The molecule has 5 aromatic rings. The minimum absolute atomic E-state index is 0.287. The molecule has 1 amide bonds. The van der Waals surface area contributed by atoms with Crippen molar-refractivity contribution in [1.29, 1.82) is 0 Å². The van der Waals surface area contributed by atoms with Gasteiger partial charge in [0.25, 0.3) is 0 Å². The molecule has 0 bridgehead atoms. The molecule has 2 aliphatic rings. The Labute approximate surface area is 248 Å². The predicted octanol–water partition coefficient (Wildman–Crippen LogP) is 5.15. The SMILES string of the molecule is C=CC(=O)Nc1cc(Nc2ncc(-c3ncco3)c(-c3c[nH]c4ccccc34)n2)c(OC)cc1N1C[C@H]2CN(C)C[C@H]2C1. The van der Waals surface area contributed by atoms with Crippen molar-refractivity contribution in [3.8, 4) is 28.5 Å². The molecule has 11 nitrogen and oxygen atoms in total. The molecule has 2 atom stereocenters. The summed E-state index contributed by atoms with van der Waals surface area (Å²) in [4.78, 5) is 34.4. The van der Waals surface area contributed by atoms with Gasteiger partial charge < -0.3 is 34.6 Å². The van der Waals surface area contributed by atoms with Crippen LogP contribution in [0.3, 0.4) is 0 Å². The molecule has 2 fully saturated rings. The van der Waals surface area contributed by atoms with Gasteiger partial charge in [-0.1, -0.05) is 24.8 Å². The van der Waals surface area contributed by atoms with Gasteiger partial charge in [0.2, 0.25) is 17.7 Å². The lowest BCUT2D eigenvalue weighted by Crippen LogP contribution is -2.27. The summed E-state index contributed by atoms with van der Waals surface area (Å²) in [7, 11) is 3.80. The van der Waals surface area contributed by atoms with Crippen molar-refractivity contribution in [2.24, 2.45) is 11.8 Å². The average molecular weight is 577 g/mol. The van der Waals surface area contributed by atoms with Crippen LogP contribution in [0.1, 0.15) is 0 Å². The summed E-state index contributed by atoms with van der Waals surface area (Å²) in [6.07, 6.45) is 8.01. The zero-order valence-electron chi connectivity index (χ0n) is 24.0. The monoisotopic (exact) mass is 576 g/mol. The topological polar surface area (TPSA) is 124 Å². The third-order valence-electron chi connectivity index (χ3n) is 8.31. The number of rotatable bonds is 8. The minimum Gasteiger partial charge on any atom is -0.494 e. The van der Waals surface area contributed by atoms with E-state index in [2.05, 4.69) is 49.0 Å². The van der Waals surface area contributed by atoms with E-state index < -0.39 is 0 Å². The molecular weight excluding hydrogens is 544 g/mol. The van der Waals surface area contributed by atoms with E-state index in [1.165, 1.54) is 12.3 Å². The lowest BCUT2D eigenvalue weighted by molar-refractivity contribution is -0.111. The fourth-order valence-electron chi connectivity index (χ4n) is 6.35. The lowest BCUT2D eigenvalue weighted by Gasteiger charge is -2.26. The molecule has 3 aromatic heterocycles. The van der Waals surface area contributed by atoms with Gasteiger partial charge in [0.1, 0.15) is 12.0 Å². The van der Waals surface area contributed by atoms with E-state index in [1.54, 1.807) is 19.5 Å². The molecule has 0 saturated carbocycles. The first kappa shape index (κ1) is 26.7. The number of nitrogens with zero attached hydrogens (tertiary/aromatic N) is 5. The number of hydrogen-bond donors (Lipinski definition) is 3. The Morgan fingerprint density at radius 2 is 1.93 bits per heavy atom. The number of anilines is 4. The molecule has 0 unspecified atom stereocenters. The molecular formula is C32H32N8O3. The van der Waals surface area contributed by atoms with Crippen LogP contribution in [0.4, 0.5) is 23.0 Å². The lowest BCUT2D eigenvalue weighted by atomic mass is 10.0. The smallest absolute Gasteiger partial charge is 0.247 e. The number of nitrogens with one attached hydrogen (secondary N) is 3. The average Bonchev–Trinajstić information content (AvgIpc) is 3.82. The first-order valence-corrected chi connectivity index (χ1v) is 14.2. The second-order valence-corrected chi connectivity index (χ2v) is 11.1. The highest BCUT2D eigenvalue weighted by Crippen LogP contribution is 2.42. The number of H-pyrrole nitrogens is 1. The van der Waals surface area contributed by atoms with Crippen LogP contribution in [0.2, 0.25) is 0 Å². The van der Waals surface area contributed by atoms with E-state index in [0.717, 1.165) is 48.3 Å². The van der Waals surface area contributed by atoms with Crippen LogP contribution in [0.25, 0.3) is 33.6 Å². The maximum absolute atomic E-state index is 12.5. The number of hydrogen-bond acceptors (Lipinski definition) is 9. The van der Waals surface area contributed by atoms with Crippen molar-refractivity contribution in [2.45, 2.75) is 0 Å². The van der Waals surface area contributed by atoms with E-state index in [1.807, 2.05) is 42.6 Å². The molecule has 0 spiro atoms. The van der Waals surface area contributed by atoms with Crippen molar-refractivity contribution < 1.29 is 13.9 Å². The van der Waals surface area contributed by atoms with Crippen LogP contribution in [-0.4, -0.2) is 71.1 Å². The number of para-hydroxylation sites is 1. The van der Waals surface area contributed by atoms with Crippen molar-refractivity contribution >= 4 is 39.8 Å². The second-order valence-electron chi connectivity index (χ2n) is 11.1. The molecule has 7 rings (SSSR count). The Balaban J connectivity index is 1.28. The Kier molecular flexibility index (Phi) is 6.78. The molecule has 43 heavy (non-hydrogen) atoms. The molecule has 2 aromatic carbocycles. The summed E-state index contributed by atoms with van der Waals surface area (Å²) in [5, 5.41) is 7.34. The Hall–Kier alpha value is -5.16. The van der Waals surface area contributed by atoms with Crippen molar-refractivity contribution in [3.63, 3.8) is 0 Å². The number of ether oxygens (including phenoxy) is 1. The van der Waals surface area contributed by atoms with Gasteiger partial charge in [-0.2, -0.15) is 0 Å². The summed E-state index contributed by atoms with van der Waals surface area (Å²) in [6.45, 7) is 7.63. The fourth-order valence-corrected chi connectivity index (χ4v) is 6.35. The minimum atomic E-state index is -0.287. The second kappa shape index (κ2) is 10.9. The first-order valence-electron chi connectivity index (χ1n) is 14.2. The Bertz CT molecular complexity index is 1800. The molecule has 0 radical (unpaired) electrons. The van der Waals surface area contributed by atoms with Gasteiger partial charge in [0.15, 0.2) is 0 Å². The van der Waals surface area contributed by atoms with Crippen LogP contribution in [0.15, 0.2) is 78.3 Å². The van der Waals surface area contributed by atoms with Gasteiger partial charge >= 0.3 is 0 Å². The number of carbonyl (C=O) groups excluding carboxylic acids is 1. The molecule has 2 aliphatic heterocycles. The standard InChI is InChI=1S/C32H32N8O3/c1-4-29(41)36-25-11-26(28(42-3)12-27(25)40-17-19-15-39(2)16-20(19)18-40)37-32-35-14-23(31-33-9-10-43-31)30(38-32)22-13-34-24-8-6-5-7-21(22)24/h4-14,19-20,34H,1,15-18H2,2-3H3,(H,36,41)(H,35,37,38)/t19-,20+. The number of methoxy groups -OCH3 is 1. The number of amides is 1. The van der Waals surface area contributed by atoms with Gasteiger partial charge in [-0.25, -0.2) is 15.0 Å². The number of benzene rings is 2. The highest BCUT2D eigenvalue weighted by molar-refractivity contribution is 6.02. The summed E-state index contributed by atoms with van der Waals surface area (Å²) < 4.78 is 11.5. The van der Waals surface area contributed by atoms with Crippen LogP contribution in [-0.2, 0) is 4.79 Å². The quantitative estimate of drug-likeness (QED) is 0.215. The fraction of sp³-hybridized carbons (Fsp3) is 0.250. The molecule has 2 saturated heterocycles. The van der Waals surface area contributed by atoms with Crippen molar-refractivity contribution in [3.05, 3.63) is 73.9 Å². The van der Waals surface area contributed by atoms with Crippen LogP contribution in [0, 0.1) is 11.8 Å². The van der Waals surface area contributed by atoms with Crippen molar-refractivity contribution in [1.82, 2.24) is 24.8 Å². The predicted molar refractivity (Wildman–Crippen MR) is 167 cm³/mol. The Morgan fingerprint density at radius 1 is 1.12 bits per heavy atom. The summed E-state index contributed by atoms with van der Waals surface area (Å²) >= 11 is 0. The molecule has 11 heteroatoms. The third kappa shape index (κ3) is 4.97. The van der Waals surface area contributed by atoms with E-state index in [-0.39, 0.29) is 5.91 Å². The normalized spacial score (nSPS) is 18.1.